The van der Waals surface area contributed by atoms with E-state index in [4.69, 9.17) is 0 Å². The maximum atomic E-state index is 4.14. The van der Waals surface area contributed by atoms with Crippen LogP contribution in [0.2, 0.25) is 0 Å². The summed E-state index contributed by atoms with van der Waals surface area (Å²) in [5.41, 5.74) is 7.76. The standard InChI is InChI=1S/C43H44.C13H16/c1-7-11-23-36(10-4)41-28-19-27-37(40-31-30-38-24-15-16-26-39(38)33-40)25-17-18-32-43(6,34-41)42(21-9-3)29-14-12-13-22-35(5)20-8-2;1-3-8-12(9-4-2)13-10-6-5-7-11-13/h7-34H,2,4H2,1,3,5-6H3;3-12H,1-2H3/b11-7-,14-12+,21-9-,22-13-,25-17-,28-19+,32-18+,35-20-,36-23+,37-27+,41-34+,42-29+;8-3-,9-4+. The van der Waals surface area contributed by atoms with Crippen molar-refractivity contribution in [2.45, 2.75) is 47.5 Å². The lowest BCUT2D eigenvalue weighted by molar-refractivity contribution is 0.677. The minimum absolute atomic E-state index is 0.394. The molecule has 0 heterocycles. The van der Waals surface area contributed by atoms with Gasteiger partial charge in [0, 0.05) is 11.3 Å². The van der Waals surface area contributed by atoms with E-state index in [1.807, 2.05) is 31.2 Å². The summed E-state index contributed by atoms with van der Waals surface area (Å²) in [6.45, 7) is 20.4. The third kappa shape index (κ3) is 14.5. The Bertz CT molecular complexity index is 2150. The minimum Gasteiger partial charge on any atom is -0.0991 e. The van der Waals surface area contributed by atoms with Crippen LogP contribution in [-0.2, 0) is 0 Å². The van der Waals surface area contributed by atoms with E-state index in [2.05, 4.69) is 242 Å². The highest BCUT2D eigenvalue weighted by Crippen LogP contribution is 2.36. The zero-order valence-corrected chi connectivity index (χ0v) is 34.4. The molecule has 0 aliphatic heterocycles. The maximum Gasteiger partial charge on any atom is 0.0295 e. The first-order valence-corrected chi connectivity index (χ1v) is 19.5. The fraction of sp³-hybridized carbons (Fsp3) is 0.143. The summed E-state index contributed by atoms with van der Waals surface area (Å²) in [4.78, 5) is 0. The molecule has 0 N–H and O–H groups in total. The van der Waals surface area contributed by atoms with Gasteiger partial charge in [0.05, 0.1) is 0 Å². The Labute approximate surface area is 339 Å². The van der Waals surface area contributed by atoms with E-state index in [1.165, 1.54) is 27.5 Å². The van der Waals surface area contributed by atoms with Gasteiger partial charge >= 0.3 is 0 Å². The summed E-state index contributed by atoms with van der Waals surface area (Å²) >= 11 is 0. The lowest BCUT2D eigenvalue weighted by atomic mass is 9.78. The zero-order valence-electron chi connectivity index (χ0n) is 34.4. The molecule has 1 aliphatic carbocycles. The molecular weight excluding hydrogens is 673 g/mol. The van der Waals surface area contributed by atoms with Crippen LogP contribution in [0.15, 0.2) is 260 Å². The van der Waals surface area contributed by atoms with Crippen LogP contribution in [0.1, 0.15) is 58.6 Å². The Morgan fingerprint density at radius 2 is 1.39 bits per heavy atom. The van der Waals surface area contributed by atoms with Gasteiger partial charge in [-0.05, 0) is 91.8 Å². The molecule has 0 amide bonds. The fourth-order valence-corrected chi connectivity index (χ4v) is 6.19. The average Bonchev–Trinajstić information content (AvgIpc) is 3.25. The lowest BCUT2D eigenvalue weighted by Crippen LogP contribution is -2.13. The Kier molecular flexibility index (Phi) is 19.7. The highest BCUT2D eigenvalue weighted by Gasteiger charge is 2.22. The monoisotopic (exact) mass is 732 g/mol. The molecule has 2 atom stereocenters. The predicted octanol–water partition coefficient (Wildman–Crippen LogP) is 16.2. The normalized spacial score (nSPS) is 21.4. The number of hydrogen-bond donors (Lipinski definition) is 0. The highest BCUT2D eigenvalue weighted by atomic mass is 14.3. The summed E-state index contributed by atoms with van der Waals surface area (Å²) < 4.78 is 0. The van der Waals surface area contributed by atoms with Gasteiger partial charge in [-0.1, -0.05) is 237 Å². The van der Waals surface area contributed by atoms with Gasteiger partial charge < -0.3 is 0 Å². The summed E-state index contributed by atoms with van der Waals surface area (Å²) in [5, 5.41) is 2.47. The Balaban J connectivity index is 0.000000546. The predicted molar refractivity (Wildman–Crippen MR) is 253 cm³/mol. The van der Waals surface area contributed by atoms with Gasteiger partial charge in [0.1, 0.15) is 0 Å². The molecule has 56 heavy (non-hydrogen) atoms. The van der Waals surface area contributed by atoms with Crippen LogP contribution in [0.3, 0.4) is 0 Å². The summed E-state index contributed by atoms with van der Waals surface area (Å²) in [6, 6.07) is 25.6. The van der Waals surface area contributed by atoms with Gasteiger partial charge in [-0.3, -0.25) is 0 Å². The molecule has 1 aliphatic rings. The smallest absolute Gasteiger partial charge is 0.0295 e. The molecule has 0 aromatic heterocycles. The molecule has 0 saturated heterocycles. The average molecular weight is 733 g/mol. The van der Waals surface area contributed by atoms with Crippen molar-refractivity contribution < 1.29 is 0 Å². The molecule has 3 aromatic rings. The van der Waals surface area contributed by atoms with Crippen LogP contribution < -0.4 is 0 Å². The SMILES string of the molecule is C/C=C\C(/C=C/C)c1ccccc1.C=C\C=C(C)/C=C\C=C\C=C(/C=C\C)C1(C)/C=C/C=C\C(c2ccc3ccccc3c2)=C/C=C/C(C(/C=C)=C/C=C\C)=C\1. The molecule has 0 saturated carbocycles. The van der Waals surface area contributed by atoms with Gasteiger partial charge in [0.15, 0.2) is 0 Å². The topological polar surface area (TPSA) is 0 Å². The first kappa shape index (κ1) is 44.2. The van der Waals surface area contributed by atoms with Crippen LogP contribution in [-0.4, -0.2) is 0 Å². The summed E-state index contributed by atoms with van der Waals surface area (Å²) in [7, 11) is 0. The second-order valence-corrected chi connectivity index (χ2v) is 13.5. The largest absolute Gasteiger partial charge is 0.0991 e. The van der Waals surface area contributed by atoms with E-state index in [9.17, 15) is 0 Å². The Morgan fingerprint density at radius 1 is 0.661 bits per heavy atom. The molecule has 0 nitrogen and oxygen atoms in total. The van der Waals surface area contributed by atoms with Gasteiger partial charge in [0.25, 0.3) is 0 Å². The molecule has 4 rings (SSSR count). The number of allylic oxidation sites excluding steroid dienone is 30. The molecule has 0 bridgehead atoms. The van der Waals surface area contributed by atoms with Crippen molar-refractivity contribution in [3.63, 3.8) is 0 Å². The van der Waals surface area contributed by atoms with Crippen molar-refractivity contribution >= 4 is 16.3 Å². The van der Waals surface area contributed by atoms with Crippen LogP contribution in [0.5, 0.6) is 0 Å². The summed E-state index contributed by atoms with van der Waals surface area (Å²) in [6.07, 6.45) is 52.9. The van der Waals surface area contributed by atoms with Crippen molar-refractivity contribution in [2.24, 2.45) is 5.41 Å². The van der Waals surface area contributed by atoms with Crippen molar-refractivity contribution in [2.75, 3.05) is 0 Å². The van der Waals surface area contributed by atoms with Gasteiger partial charge in [-0.25, -0.2) is 0 Å². The van der Waals surface area contributed by atoms with Crippen molar-refractivity contribution in [3.05, 3.63) is 271 Å². The number of rotatable bonds is 13. The van der Waals surface area contributed by atoms with Crippen LogP contribution in [0.25, 0.3) is 16.3 Å². The third-order valence-corrected chi connectivity index (χ3v) is 9.13. The minimum atomic E-state index is -0.394. The second kappa shape index (κ2) is 25.0. The van der Waals surface area contributed by atoms with Crippen LogP contribution in [0, 0.1) is 5.41 Å². The van der Waals surface area contributed by atoms with E-state index in [-0.39, 0.29) is 0 Å². The van der Waals surface area contributed by atoms with Crippen molar-refractivity contribution in [3.8, 4) is 0 Å². The van der Waals surface area contributed by atoms with E-state index in [0.717, 1.165) is 22.3 Å². The molecule has 0 fully saturated rings. The van der Waals surface area contributed by atoms with Gasteiger partial charge in [-0.2, -0.15) is 0 Å². The van der Waals surface area contributed by atoms with Crippen LogP contribution in [0.4, 0.5) is 0 Å². The first-order valence-electron chi connectivity index (χ1n) is 19.5. The highest BCUT2D eigenvalue weighted by molar-refractivity contribution is 5.88. The lowest BCUT2D eigenvalue weighted by Gasteiger charge is -2.26. The number of benzene rings is 3. The van der Waals surface area contributed by atoms with Crippen molar-refractivity contribution in [1.29, 1.82) is 0 Å². The van der Waals surface area contributed by atoms with E-state index in [1.54, 1.807) is 6.08 Å². The molecular formula is C56H60. The molecule has 0 heteroatoms. The quantitative estimate of drug-likeness (QED) is 0.121. The zero-order chi connectivity index (χ0) is 40.4. The molecule has 0 spiro atoms. The molecule has 284 valence electrons. The molecule has 0 radical (unpaired) electrons. The maximum absolute atomic E-state index is 4.14. The van der Waals surface area contributed by atoms with E-state index in [0.29, 0.717) is 5.92 Å². The van der Waals surface area contributed by atoms with Crippen molar-refractivity contribution in [1.82, 2.24) is 0 Å². The third-order valence-electron chi connectivity index (χ3n) is 9.13. The van der Waals surface area contributed by atoms with Gasteiger partial charge in [-0.15, -0.1) is 0 Å². The first-order chi connectivity index (χ1) is 27.3. The number of hydrogen-bond acceptors (Lipinski definition) is 0. The van der Waals surface area contributed by atoms with E-state index < -0.39 is 5.41 Å². The Morgan fingerprint density at radius 3 is 2.07 bits per heavy atom. The fourth-order valence-electron chi connectivity index (χ4n) is 6.19. The Hall–Kier alpha value is -6.24. The van der Waals surface area contributed by atoms with Crippen LogP contribution >= 0.6 is 0 Å². The molecule has 3 aromatic carbocycles. The second-order valence-electron chi connectivity index (χ2n) is 13.5. The van der Waals surface area contributed by atoms with Gasteiger partial charge in [0.2, 0.25) is 0 Å². The number of fused-ring (bicyclic) bond motifs is 1. The summed E-state index contributed by atoms with van der Waals surface area (Å²) in [5.74, 6) is 0.427. The van der Waals surface area contributed by atoms with E-state index >= 15 is 0 Å². The molecule has 2 unspecified atom stereocenters.